The summed E-state index contributed by atoms with van der Waals surface area (Å²) in [5.74, 6) is -0.783. The summed E-state index contributed by atoms with van der Waals surface area (Å²) in [6, 6.07) is 16.2. The molecule has 0 saturated carbocycles. The number of aromatic nitrogens is 2. The van der Waals surface area contributed by atoms with Crippen LogP contribution in [-0.2, 0) is 11.2 Å². The molecular weight excluding hydrogens is 370 g/mol. The van der Waals surface area contributed by atoms with Crippen LogP contribution in [0.4, 0.5) is 5.69 Å². The quantitative estimate of drug-likeness (QED) is 0.562. The average Bonchev–Trinajstić information content (AvgIpc) is 3.17. The number of carboxylic acid groups (broad SMARTS) is 1. The van der Waals surface area contributed by atoms with Crippen molar-refractivity contribution in [2.24, 2.45) is 0 Å². The number of hydrogen-bond acceptors (Lipinski definition) is 5. The summed E-state index contributed by atoms with van der Waals surface area (Å²) < 4.78 is 5.46. The molecule has 1 atom stereocenters. The topological polar surface area (TPSA) is 105 Å². The fourth-order valence-electron chi connectivity index (χ4n) is 3.12. The summed E-state index contributed by atoms with van der Waals surface area (Å²) in [7, 11) is 0. The van der Waals surface area contributed by atoms with Crippen molar-refractivity contribution < 1.29 is 19.2 Å². The van der Waals surface area contributed by atoms with E-state index in [9.17, 15) is 14.7 Å². The third-order valence-electron chi connectivity index (χ3n) is 4.58. The molecule has 7 heteroatoms. The van der Waals surface area contributed by atoms with Gasteiger partial charge < -0.3 is 14.9 Å². The number of amides is 1. The van der Waals surface area contributed by atoms with Crippen LogP contribution in [0.1, 0.15) is 59.7 Å². The monoisotopic (exact) mass is 393 g/mol. The van der Waals surface area contributed by atoms with Crippen LogP contribution in [-0.4, -0.2) is 27.1 Å². The van der Waals surface area contributed by atoms with Crippen LogP contribution < -0.4 is 5.32 Å². The first-order valence-electron chi connectivity index (χ1n) is 9.58. The van der Waals surface area contributed by atoms with Gasteiger partial charge in [0.25, 0.3) is 0 Å². The lowest BCUT2D eigenvalue weighted by Gasteiger charge is -2.12. The zero-order valence-corrected chi connectivity index (χ0v) is 16.2. The van der Waals surface area contributed by atoms with E-state index < -0.39 is 11.9 Å². The first-order chi connectivity index (χ1) is 14.1. The van der Waals surface area contributed by atoms with Crippen molar-refractivity contribution >= 4 is 17.6 Å². The smallest absolute Gasteiger partial charge is 0.337 e. The van der Waals surface area contributed by atoms with Crippen molar-refractivity contribution in [3.8, 4) is 0 Å². The SMILES string of the molecule is CCCCC(c1ccccc1)c1nc(CC(=O)Nc2ccccc2C(=O)O)no1. The normalized spacial score (nSPS) is 11.8. The summed E-state index contributed by atoms with van der Waals surface area (Å²) in [5.41, 5.74) is 1.35. The zero-order chi connectivity index (χ0) is 20.6. The number of nitrogens with zero attached hydrogens (tertiary/aromatic N) is 2. The van der Waals surface area contributed by atoms with Crippen molar-refractivity contribution in [1.82, 2.24) is 10.1 Å². The molecule has 1 heterocycles. The number of carboxylic acids is 1. The Hall–Kier alpha value is -3.48. The van der Waals surface area contributed by atoms with E-state index in [1.54, 1.807) is 18.2 Å². The average molecular weight is 393 g/mol. The zero-order valence-electron chi connectivity index (χ0n) is 16.2. The van der Waals surface area contributed by atoms with E-state index in [-0.39, 0.29) is 29.4 Å². The van der Waals surface area contributed by atoms with E-state index in [2.05, 4.69) is 22.4 Å². The summed E-state index contributed by atoms with van der Waals surface area (Å²) in [6.45, 7) is 2.13. The molecule has 0 aliphatic rings. The van der Waals surface area contributed by atoms with Crippen LogP contribution in [0.25, 0.3) is 0 Å². The molecule has 1 aromatic heterocycles. The Morgan fingerprint density at radius 2 is 1.83 bits per heavy atom. The second kappa shape index (κ2) is 9.64. The van der Waals surface area contributed by atoms with E-state index in [1.165, 1.54) is 6.07 Å². The van der Waals surface area contributed by atoms with Crippen LogP contribution in [0.15, 0.2) is 59.1 Å². The van der Waals surface area contributed by atoms with Crippen molar-refractivity contribution in [1.29, 1.82) is 0 Å². The lowest BCUT2D eigenvalue weighted by atomic mass is 9.93. The lowest BCUT2D eigenvalue weighted by Crippen LogP contribution is -2.17. The molecule has 0 spiro atoms. The highest BCUT2D eigenvalue weighted by Crippen LogP contribution is 2.28. The summed E-state index contributed by atoms with van der Waals surface area (Å²) in [4.78, 5) is 28.0. The van der Waals surface area contributed by atoms with Gasteiger partial charge in [-0.2, -0.15) is 4.98 Å². The summed E-state index contributed by atoms with van der Waals surface area (Å²) in [5, 5.41) is 15.8. The first kappa shape index (κ1) is 20.3. The van der Waals surface area contributed by atoms with Crippen LogP contribution in [0.5, 0.6) is 0 Å². The molecule has 29 heavy (non-hydrogen) atoms. The van der Waals surface area contributed by atoms with Crippen molar-refractivity contribution in [3.05, 3.63) is 77.4 Å². The molecule has 150 valence electrons. The molecule has 2 aromatic carbocycles. The predicted octanol–water partition coefficient (Wildman–Crippen LogP) is 4.27. The van der Waals surface area contributed by atoms with Crippen LogP contribution in [0.3, 0.4) is 0 Å². The predicted molar refractivity (Wildman–Crippen MR) is 108 cm³/mol. The van der Waals surface area contributed by atoms with E-state index in [0.29, 0.717) is 5.89 Å². The maximum Gasteiger partial charge on any atom is 0.337 e. The number of carbonyl (C=O) groups is 2. The third kappa shape index (κ3) is 5.28. The molecule has 3 aromatic rings. The minimum absolute atomic E-state index is 0.0202. The van der Waals surface area contributed by atoms with E-state index in [1.807, 2.05) is 30.3 Å². The highest BCUT2D eigenvalue weighted by atomic mass is 16.5. The number of rotatable bonds is 9. The fraction of sp³-hybridized carbons (Fsp3) is 0.273. The Labute approximate surface area is 168 Å². The third-order valence-corrected chi connectivity index (χ3v) is 4.58. The highest BCUT2D eigenvalue weighted by molar-refractivity contribution is 6.00. The Morgan fingerprint density at radius 3 is 2.55 bits per heavy atom. The van der Waals surface area contributed by atoms with Crippen LogP contribution in [0, 0.1) is 0 Å². The second-order valence-corrected chi connectivity index (χ2v) is 6.73. The minimum Gasteiger partial charge on any atom is -0.478 e. The maximum atomic E-state index is 12.4. The largest absolute Gasteiger partial charge is 0.478 e. The molecule has 0 fully saturated rings. The minimum atomic E-state index is -1.11. The van der Waals surface area contributed by atoms with Gasteiger partial charge >= 0.3 is 5.97 Å². The molecule has 0 bridgehead atoms. The maximum absolute atomic E-state index is 12.4. The van der Waals surface area contributed by atoms with Gasteiger partial charge in [0.15, 0.2) is 5.82 Å². The van der Waals surface area contributed by atoms with Gasteiger partial charge in [0.2, 0.25) is 11.8 Å². The van der Waals surface area contributed by atoms with E-state index in [0.717, 1.165) is 24.8 Å². The number of benzene rings is 2. The van der Waals surface area contributed by atoms with Gasteiger partial charge in [0.1, 0.15) is 0 Å². The number of anilines is 1. The molecule has 0 aliphatic carbocycles. The molecule has 1 amide bonds. The van der Waals surface area contributed by atoms with Gasteiger partial charge in [0, 0.05) is 0 Å². The van der Waals surface area contributed by atoms with E-state index in [4.69, 9.17) is 4.52 Å². The summed E-state index contributed by atoms with van der Waals surface area (Å²) >= 11 is 0. The molecular formula is C22H23N3O4. The van der Waals surface area contributed by atoms with Gasteiger partial charge in [-0.1, -0.05) is 67.4 Å². The molecule has 0 saturated heterocycles. The molecule has 1 unspecified atom stereocenters. The molecule has 2 N–H and O–H groups in total. The highest BCUT2D eigenvalue weighted by Gasteiger charge is 2.22. The van der Waals surface area contributed by atoms with Crippen LogP contribution in [0.2, 0.25) is 0 Å². The molecule has 3 rings (SSSR count). The van der Waals surface area contributed by atoms with Gasteiger partial charge in [-0.3, -0.25) is 4.79 Å². The standard InChI is InChI=1S/C22H23N3O4/c1-2-3-11-16(15-9-5-4-6-10-15)21-24-19(25-29-21)14-20(26)23-18-13-8-7-12-17(18)22(27)28/h4-10,12-13,16H,2-3,11,14H2,1H3,(H,23,26)(H,27,28). The van der Waals surface area contributed by atoms with Gasteiger partial charge in [-0.05, 0) is 24.1 Å². The van der Waals surface area contributed by atoms with Crippen molar-refractivity contribution in [2.75, 3.05) is 5.32 Å². The Morgan fingerprint density at radius 1 is 1.10 bits per heavy atom. The second-order valence-electron chi connectivity index (χ2n) is 6.73. The molecule has 7 nitrogen and oxygen atoms in total. The van der Waals surface area contributed by atoms with E-state index >= 15 is 0 Å². The van der Waals surface area contributed by atoms with Crippen molar-refractivity contribution in [3.63, 3.8) is 0 Å². The van der Waals surface area contributed by atoms with Gasteiger partial charge in [0.05, 0.1) is 23.6 Å². The number of para-hydroxylation sites is 1. The Balaban J connectivity index is 1.72. The van der Waals surface area contributed by atoms with Gasteiger partial charge in [-0.15, -0.1) is 0 Å². The Kier molecular flexibility index (Phi) is 6.73. The number of aromatic carboxylic acids is 1. The van der Waals surface area contributed by atoms with Crippen molar-refractivity contribution in [2.45, 2.75) is 38.5 Å². The lowest BCUT2D eigenvalue weighted by molar-refractivity contribution is -0.115. The fourth-order valence-corrected chi connectivity index (χ4v) is 3.12. The molecule has 0 radical (unpaired) electrons. The van der Waals surface area contributed by atoms with Gasteiger partial charge in [-0.25, -0.2) is 4.79 Å². The molecule has 0 aliphatic heterocycles. The Bertz CT molecular complexity index is 969. The number of carbonyl (C=O) groups excluding carboxylic acids is 1. The first-order valence-corrected chi connectivity index (χ1v) is 9.58. The van der Waals surface area contributed by atoms with Crippen LogP contribution >= 0.6 is 0 Å². The number of hydrogen-bond donors (Lipinski definition) is 2. The number of nitrogens with one attached hydrogen (secondary N) is 1. The summed E-state index contributed by atoms with van der Waals surface area (Å²) in [6.07, 6.45) is 2.84. The number of unbranched alkanes of at least 4 members (excludes halogenated alkanes) is 1.